The number of hydrogen-bond donors (Lipinski definition) is 1. The highest BCUT2D eigenvalue weighted by atomic mass is 19.1. The van der Waals surface area contributed by atoms with E-state index in [1.807, 2.05) is 25.7 Å². The van der Waals surface area contributed by atoms with Crippen molar-refractivity contribution in [3.63, 3.8) is 0 Å². The average Bonchev–Trinajstić information content (AvgIpc) is 2.31. The number of amides is 1. The summed E-state index contributed by atoms with van der Waals surface area (Å²) in [4.78, 5) is 13.7. The molecule has 0 radical (unpaired) electrons. The van der Waals surface area contributed by atoms with E-state index in [9.17, 15) is 9.18 Å². The lowest BCUT2D eigenvalue weighted by molar-refractivity contribution is -0.117. The number of aryl methyl sites for hydroxylation is 1. The van der Waals surface area contributed by atoms with Crippen molar-refractivity contribution in [3.8, 4) is 0 Å². The molecule has 0 unspecified atom stereocenters. The molecule has 94 valence electrons. The first-order valence-corrected chi connectivity index (χ1v) is 5.85. The van der Waals surface area contributed by atoms with Gasteiger partial charge in [-0.25, -0.2) is 4.39 Å². The van der Waals surface area contributed by atoms with E-state index in [1.54, 1.807) is 6.07 Å². The molecule has 3 nitrogen and oxygen atoms in total. The van der Waals surface area contributed by atoms with Crippen molar-refractivity contribution >= 4 is 11.6 Å². The minimum Gasteiger partial charge on any atom is -0.325 e. The van der Waals surface area contributed by atoms with E-state index in [1.165, 1.54) is 12.1 Å². The SMILES string of the molecule is CCN(CC)CC(=O)Nc1cc(F)ccc1C. The largest absolute Gasteiger partial charge is 0.325 e. The van der Waals surface area contributed by atoms with Crippen LogP contribution >= 0.6 is 0 Å². The summed E-state index contributed by atoms with van der Waals surface area (Å²) in [5, 5.41) is 2.73. The van der Waals surface area contributed by atoms with Gasteiger partial charge in [0.05, 0.1) is 6.54 Å². The van der Waals surface area contributed by atoms with E-state index in [4.69, 9.17) is 0 Å². The number of halogens is 1. The lowest BCUT2D eigenvalue weighted by atomic mass is 10.2. The van der Waals surface area contributed by atoms with Crippen LogP contribution in [0.2, 0.25) is 0 Å². The molecule has 0 heterocycles. The number of rotatable bonds is 5. The second kappa shape index (κ2) is 6.35. The summed E-state index contributed by atoms with van der Waals surface area (Å²) in [6, 6.07) is 4.38. The Bertz CT molecular complexity index is 389. The van der Waals surface area contributed by atoms with Crippen LogP contribution in [0, 0.1) is 12.7 Å². The van der Waals surface area contributed by atoms with Crippen LogP contribution in [0.25, 0.3) is 0 Å². The zero-order valence-corrected chi connectivity index (χ0v) is 10.6. The van der Waals surface area contributed by atoms with Gasteiger partial charge in [-0.05, 0) is 37.7 Å². The van der Waals surface area contributed by atoms with E-state index in [0.717, 1.165) is 18.7 Å². The Morgan fingerprint density at radius 2 is 2.00 bits per heavy atom. The quantitative estimate of drug-likeness (QED) is 0.854. The summed E-state index contributed by atoms with van der Waals surface area (Å²) in [6.07, 6.45) is 0. The third-order valence-corrected chi connectivity index (χ3v) is 2.74. The number of nitrogens with one attached hydrogen (secondary N) is 1. The number of carbonyl (C=O) groups excluding carboxylic acids is 1. The molecule has 0 aliphatic rings. The van der Waals surface area contributed by atoms with Crippen LogP contribution < -0.4 is 5.32 Å². The highest BCUT2D eigenvalue weighted by molar-refractivity contribution is 5.92. The van der Waals surface area contributed by atoms with Gasteiger partial charge in [-0.1, -0.05) is 19.9 Å². The summed E-state index contributed by atoms with van der Waals surface area (Å²) in [5.41, 5.74) is 1.40. The van der Waals surface area contributed by atoms with Crippen molar-refractivity contribution in [2.45, 2.75) is 20.8 Å². The van der Waals surface area contributed by atoms with E-state index < -0.39 is 0 Å². The summed E-state index contributed by atoms with van der Waals surface area (Å²) in [7, 11) is 0. The summed E-state index contributed by atoms with van der Waals surface area (Å²) < 4.78 is 13.0. The van der Waals surface area contributed by atoms with E-state index in [0.29, 0.717) is 12.2 Å². The molecule has 0 saturated heterocycles. The van der Waals surface area contributed by atoms with Crippen LogP contribution in [0.15, 0.2) is 18.2 Å². The first-order chi connectivity index (χ1) is 8.06. The van der Waals surface area contributed by atoms with Crippen molar-refractivity contribution in [2.24, 2.45) is 0 Å². The fraction of sp³-hybridized carbons (Fsp3) is 0.462. The first-order valence-electron chi connectivity index (χ1n) is 5.85. The molecule has 0 aliphatic carbocycles. The normalized spacial score (nSPS) is 10.6. The van der Waals surface area contributed by atoms with Crippen molar-refractivity contribution in [1.29, 1.82) is 0 Å². The molecule has 0 aliphatic heterocycles. The average molecular weight is 238 g/mol. The van der Waals surface area contributed by atoms with Gasteiger partial charge in [0.1, 0.15) is 5.82 Å². The number of likely N-dealkylation sites (N-methyl/N-ethyl adjacent to an activating group) is 1. The Balaban J connectivity index is 2.64. The summed E-state index contributed by atoms with van der Waals surface area (Å²) in [6.45, 7) is 7.84. The van der Waals surface area contributed by atoms with Gasteiger partial charge in [0.25, 0.3) is 0 Å². The van der Waals surface area contributed by atoms with Gasteiger partial charge >= 0.3 is 0 Å². The van der Waals surface area contributed by atoms with Crippen LogP contribution in [0.3, 0.4) is 0 Å². The van der Waals surface area contributed by atoms with E-state index in [2.05, 4.69) is 5.32 Å². The Morgan fingerprint density at radius 3 is 2.59 bits per heavy atom. The highest BCUT2D eigenvalue weighted by Crippen LogP contribution is 2.15. The minimum atomic E-state index is -0.339. The third-order valence-electron chi connectivity index (χ3n) is 2.74. The molecule has 0 fully saturated rings. The predicted molar refractivity (Wildman–Crippen MR) is 67.6 cm³/mol. The Kier molecular flexibility index (Phi) is 5.10. The molecule has 0 aromatic heterocycles. The first kappa shape index (κ1) is 13.6. The van der Waals surface area contributed by atoms with Crippen LogP contribution in [0.4, 0.5) is 10.1 Å². The van der Waals surface area contributed by atoms with Crippen LogP contribution in [0.5, 0.6) is 0 Å². The molecule has 0 saturated carbocycles. The smallest absolute Gasteiger partial charge is 0.238 e. The standard InChI is InChI=1S/C13H19FN2O/c1-4-16(5-2)9-13(17)15-12-8-11(14)7-6-10(12)3/h6-8H,4-5,9H2,1-3H3,(H,15,17). The van der Waals surface area contributed by atoms with E-state index >= 15 is 0 Å². The van der Waals surface area contributed by atoms with Gasteiger partial charge < -0.3 is 5.32 Å². The minimum absolute atomic E-state index is 0.109. The Morgan fingerprint density at radius 1 is 1.35 bits per heavy atom. The van der Waals surface area contributed by atoms with Crippen molar-refractivity contribution in [2.75, 3.05) is 25.0 Å². The molecule has 4 heteroatoms. The maximum Gasteiger partial charge on any atom is 0.238 e. The van der Waals surface area contributed by atoms with Gasteiger partial charge in [0.2, 0.25) is 5.91 Å². The van der Waals surface area contributed by atoms with Crippen LogP contribution in [-0.4, -0.2) is 30.4 Å². The van der Waals surface area contributed by atoms with Gasteiger partial charge in [-0.3, -0.25) is 9.69 Å². The van der Waals surface area contributed by atoms with Gasteiger partial charge in [-0.2, -0.15) is 0 Å². The molecule has 1 aromatic rings. The predicted octanol–water partition coefficient (Wildman–Crippen LogP) is 2.41. The zero-order chi connectivity index (χ0) is 12.8. The highest BCUT2D eigenvalue weighted by Gasteiger charge is 2.09. The second-order valence-corrected chi connectivity index (χ2v) is 3.97. The molecule has 0 atom stereocenters. The summed E-state index contributed by atoms with van der Waals surface area (Å²) in [5.74, 6) is -0.448. The topological polar surface area (TPSA) is 32.3 Å². The summed E-state index contributed by atoms with van der Waals surface area (Å²) >= 11 is 0. The van der Waals surface area contributed by atoms with Crippen molar-refractivity contribution in [3.05, 3.63) is 29.6 Å². The third kappa shape index (κ3) is 4.15. The van der Waals surface area contributed by atoms with Gasteiger partial charge in [-0.15, -0.1) is 0 Å². The second-order valence-electron chi connectivity index (χ2n) is 3.97. The Labute approximate surface area is 102 Å². The number of carbonyl (C=O) groups is 1. The maximum absolute atomic E-state index is 13.0. The number of benzene rings is 1. The molecule has 1 N–H and O–H groups in total. The van der Waals surface area contributed by atoms with Crippen LogP contribution in [-0.2, 0) is 4.79 Å². The lowest BCUT2D eigenvalue weighted by Crippen LogP contribution is -2.33. The molecule has 0 spiro atoms. The fourth-order valence-corrected chi connectivity index (χ4v) is 1.57. The fourth-order valence-electron chi connectivity index (χ4n) is 1.57. The van der Waals surface area contributed by atoms with Crippen molar-refractivity contribution < 1.29 is 9.18 Å². The molecule has 0 bridgehead atoms. The Hall–Kier alpha value is -1.42. The molecule has 17 heavy (non-hydrogen) atoms. The zero-order valence-electron chi connectivity index (χ0n) is 10.6. The molecular weight excluding hydrogens is 219 g/mol. The number of hydrogen-bond acceptors (Lipinski definition) is 2. The number of nitrogens with zero attached hydrogens (tertiary/aromatic N) is 1. The maximum atomic E-state index is 13.0. The number of anilines is 1. The molecule has 1 rings (SSSR count). The van der Waals surface area contributed by atoms with E-state index in [-0.39, 0.29) is 11.7 Å². The molecule has 1 aromatic carbocycles. The molecular formula is C13H19FN2O. The van der Waals surface area contributed by atoms with Crippen molar-refractivity contribution in [1.82, 2.24) is 4.90 Å². The molecule has 1 amide bonds. The lowest BCUT2D eigenvalue weighted by Gasteiger charge is -2.17. The van der Waals surface area contributed by atoms with Crippen LogP contribution in [0.1, 0.15) is 19.4 Å². The van der Waals surface area contributed by atoms with Gasteiger partial charge in [0.15, 0.2) is 0 Å². The van der Waals surface area contributed by atoms with Gasteiger partial charge in [0, 0.05) is 5.69 Å². The monoisotopic (exact) mass is 238 g/mol.